The van der Waals surface area contributed by atoms with Gasteiger partial charge in [-0.05, 0) is 17.7 Å². The highest BCUT2D eigenvalue weighted by molar-refractivity contribution is 5.57. The van der Waals surface area contributed by atoms with Crippen molar-refractivity contribution >= 4 is 5.69 Å². The van der Waals surface area contributed by atoms with Crippen LogP contribution < -0.4 is 4.90 Å². The van der Waals surface area contributed by atoms with Crippen LogP contribution in [-0.4, -0.2) is 6.30 Å². The van der Waals surface area contributed by atoms with E-state index in [4.69, 9.17) is 0 Å². The Kier molecular flexibility index (Phi) is 2.13. The monoisotopic (exact) mass is 213 g/mol. The zero-order chi connectivity index (χ0) is 11.0. The van der Waals surface area contributed by atoms with E-state index in [9.17, 15) is 4.39 Å². The molecule has 0 aliphatic carbocycles. The first-order valence-electron chi connectivity index (χ1n) is 5.40. The molecule has 1 fully saturated rings. The Hall–Kier alpha value is -1.83. The predicted octanol–water partition coefficient (Wildman–Crippen LogP) is 3.54. The average molecular weight is 213 g/mol. The third-order valence-electron chi connectivity index (χ3n) is 2.93. The Morgan fingerprint density at radius 3 is 2.00 bits per heavy atom. The molecular formula is C14H12FN. The second-order valence-electron chi connectivity index (χ2n) is 3.97. The van der Waals surface area contributed by atoms with Gasteiger partial charge in [-0.1, -0.05) is 48.5 Å². The van der Waals surface area contributed by atoms with Crippen molar-refractivity contribution in [3.05, 3.63) is 66.2 Å². The number of alkyl halides is 1. The summed E-state index contributed by atoms with van der Waals surface area (Å²) >= 11 is 0. The molecule has 0 unspecified atom stereocenters. The summed E-state index contributed by atoms with van der Waals surface area (Å²) in [6, 6.07) is 19.4. The maximum atomic E-state index is 13.7. The molecule has 0 radical (unpaired) electrons. The van der Waals surface area contributed by atoms with Crippen LogP contribution in [0.4, 0.5) is 10.1 Å². The first-order chi connectivity index (χ1) is 7.88. The van der Waals surface area contributed by atoms with Crippen LogP contribution in [0, 0.1) is 0 Å². The van der Waals surface area contributed by atoms with Crippen LogP contribution in [0.3, 0.4) is 0 Å². The summed E-state index contributed by atoms with van der Waals surface area (Å²) in [5.41, 5.74) is 1.99. The molecule has 2 atom stereocenters. The zero-order valence-electron chi connectivity index (χ0n) is 8.75. The zero-order valence-corrected chi connectivity index (χ0v) is 8.75. The van der Waals surface area contributed by atoms with Gasteiger partial charge in [-0.15, -0.1) is 0 Å². The van der Waals surface area contributed by atoms with E-state index in [-0.39, 0.29) is 6.04 Å². The lowest BCUT2D eigenvalue weighted by Gasteiger charge is -2.03. The van der Waals surface area contributed by atoms with E-state index in [1.165, 1.54) is 0 Å². The Labute approximate surface area is 94.1 Å². The SMILES string of the molecule is F[C@@H]1[C@H](c2ccccc2)N1c1ccccc1. The molecule has 0 aromatic heterocycles. The third-order valence-corrected chi connectivity index (χ3v) is 2.93. The smallest absolute Gasteiger partial charge is 0.198 e. The Morgan fingerprint density at radius 1 is 0.812 bits per heavy atom. The lowest BCUT2D eigenvalue weighted by atomic mass is 10.1. The second kappa shape index (κ2) is 3.63. The molecule has 1 nitrogen and oxygen atoms in total. The molecule has 0 amide bonds. The normalized spacial score (nSPS) is 23.2. The number of halogens is 1. The first kappa shape index (κ1) is 9.40. The Bertz CT molecular complexity index is 423. The molecule has 1 aliphatic heterocycles. The fraction of sp³-hybridized carbons (Fsp3) is 0.143. The summed E-state index contributed by atoms with van der Waals surface area (Å²) in [4.78, 5) is 1.79. The highest BCUT2D eigenvalue weighted by Crippen LogP contribution is 2.47. The van der Waals surface area contributed by atoms with E-state index in [2.05, 4.69) is 0 Å². The van der Waals surface area contributed by atoms with Gasteiger partial charge in [0.05, 0.1) is 0 Å². The molecule has 0 bridgehead atoms. The van der Waals surface area contributed by atoms with Crippen LogP contribution in [0.1, 0.15) is 11.6 Å². The van der Waals surface area contributed by atoms with Crippen LogP contribution in [0.5, 0.6) is 0 Å². The van der Waals surface area contributed by atoms with Gasteiger partial charge in [-0.3, -0.25) is 0 Å². The lowest BCUT2D eigenvalue weighted by molar-refractivity contribution is 0.468. The van der Waals surface area contributed by atoms with E-state index in [0.29, 0.717) is 0 Å². The van der Waals surface area contributed by atoms with Crippen LogP contribution in [0.2, 0.25) is 0 Å². The largest absolute Gasteiger partial charge is 0.328 e. The molecule has 0 N–H and O–H groups in total. The standard InChI is InChI=1S/C14H12FN/c15-14-13(11-7-3-1-4-8-11)16(14)12-9-5-2-6-10-12/h1-10,13-14H/t13-,14-,16?/m0/s1. The number of anilines is 1. The minimum Gasteiger partial charge on any atom is -0.328 e. The van der Waals surface area contributed by atoms with Crippen molar-refractivity contribution in [1.29, 1.82) is 0 Å². The number of nitrogens with zero attached hydrogens (tertiary/aromatic N) is 1. The van der Waals surface area contributed by atoms with Gasteiger partial charge in [0.2, 0.25) is 0 Å². The van der Waals surface area contributed by atoms with E-state index >= 15 is 0 Å². The molecule has 16 heavy (non-hydrogen) atoms. The second-order valence-corrected chi connectivity index (χ2v) is 3.97. The molecule has 2 heteroatoms. The van der Waals surface area contributed by atoms with Crippen molar-refractivity contribution in [2.45, 2.75) is 12.3 Å². The summed E-state index contributed by atoms with van der Waals surface area (Å²) in [5, 5.41) is 0. The van der Waals surface area contributed by atoms with E-state index in [1.54, 1.807) is 4.90 Å². The number of rotatable bonds is 2. The highest BCUT2D eigenvalue weighted by atomic mass is 19.1. The summed E-state index contributed by atoms with van der Waals surface area (Å²) < 4.78 is 13.7. The summed E-state index contributed by atoms with van der Waals surface area (Å²) in [6.07, 6.45) is -0.884. The van der Waals surface area contributed by atoms with Gasteiger partial charge < -0.3 is 4.90 Å². The molecule has 2 aromatic carbocycles. The molecule has 1 aliphatic rings. The van der Waals surface area contributed by atoms with Crippen molar-refractivity contribution in [3.63, 3.8) is 0 Å². The first-order valence-corrected chi connectivity index (χ1v) is 5.40. The minimum atomic E-state index is -0.884. The van der Waals surface area contributed by atoms with Gasteiger partial charge in [-0.25, -0.2) is 4.39 Å². The van der Waals surface area contributed by atoms with Gasteiger partial charge in [0.1, 0.15) is 6.04 Å². The topological polar surface area (TPSA) is 3.01 Å². The predicted molar refractivity (Wildman–Crippen MR) is 63.0 cm³/mol. The van der Waals surface area contributed by atoms with Crippen molar-refractivity contribution in [1.82, 2.24) is 0 Å². The fourth-order valence-electron chi connectivity index (χ4n) is 2.08. The van der Waals surface area contributed by atoms with Gasteiger partial charge in [0, 0.05) is 5.69 Å². The number of benzene rings is 2. The highest BCUT2D eigenvalue weighted by Gasteiger charge is 2.49. The number of hydrogen-bond donors (Lipinski definition) is 0. The van der Waals surface area contributed by atoms with Crippen LogP contribution >= 0.6 is 0 Å². The maximum absolute atomic E-state index is 13.7. The van der Waals surface area contributed by atoms with Crippen LogP contribution in [0.15, 0.2) is 60.7 Å². The van der Waals surface area contributed by atoms with Gasteiger partial charge in [-0.2, -0.15) is 0 Å². The number of para-hydroxylation sites is 1. The van der Waals surface area contributed by atoms with Gasteiger partial charge >= 0.3 is 0 Å². The molecular weight excluding hydrogens is 201 g/mol. The van der Waals surface area contributed by atoms with Gasteiger partial charge in [0.25, 0.3) is 0 Å². The Balaban J connectivity index is 1.87. The van der Waals surface area contributed by atoms with E-state index in [0.717, 1.165) is 11.3 Å². The minimum absolute atomic E-state index is 0.108. The van der Waals surface area contributed by atoms with E-state index < -0.39 is 6.30 Å². The van der Waals surface area contributed by atoms with Crippen LogP contribution in [-0.2, 0) is 0 Å². The van der Waals surface area contributed by atoms with Crippen molar-refractivity contribution in [2.75, 3.05) is 4.90 Å². The molecule has 1 heterocycles. The number of hydrogen-bond acceptors (Lipinski definition) is 1. The average Bonchev–Trinajstić information content (AvgIpc) is 3.03. The summed E-state index contributed by atoms with van der Waals surface area (Å²) in [7, 11) is 0. The lowest BCUT2D eigenvalue weighted by Crippen LogP contribution is -1.94. The Morgan fingerprint density at radius 2 is 1.38 bits per heavy atom. The third kappa shape index (κ3) is 1.47. The molecule has 80 valence electrons. The van der Waals surface area contributed by atoms with E-state index in [1.807, 2.05) is 60.7 Å². The molecule has 1 saturated heterocycles. The summed E-state index contributed by atoms with van der Waals surface area (Å²) in [6.45, 7) is 0. The van der Waals surface area contributed by atoms with Crippen LogP contribution in [0.25, 0.3) is 0 Å². The summed E-state index contributed by atoms with van der Waals surface area (Å²) in [5.74, 6) is 0. The van der Waals surface area contributed by atoms with Crippen molar-refractivity contribution < 1.29 is 4.39 Å². The van der Waals surface area contributed by atoms with Gasteiger partial charge in [0.15, 0.2) is 6.30 Å². The fourth-order valence-corrected chi connectivity index (χ4v) is 2.08. The molecule has 0 saturated carbocycles. The van der Waals surface area contributed by atoms with Crippen molar-refractivity contribution in [3.8, 4) is 0 Å². The molecule has 2 aromatic rings. The molecule has 0 spiro atoms. The van der Waals surface area contributed by atoms with Crippen molar-refractivity contribution in [2.24, 2.45) is 0 Å². The quantitative estimate of drug-likeness (QED) is 0.544. The maximum Gasteiger partial charge on any atom is 0.198 e. The molecule has 3 rings (SSSR count).